The first-order valence-electron chi connectivity index (χ1n) is 8.65. The van der Waals surface area contributed by atoms with Gasteiger partial charge in [-0.15, -0.1) is 11.3 Å². The Bertz CT molecular complexity index is 815. The zero-order valence-electron chi connectivity index (χ0n) is 14.9. The van der Waals surface area contributed by atoms with Crippen LogP contribution < -0.4 is 4.74 Å². The SMILES string of the molecule is CCOC(C(=O)O)(C(=O)c1nc2c(OC)cccc2s1)N1CCCCC1. The van der Waals surface area contributed by atoms with Crippen molar-refractivity contribution in [1.82, 2.24) is 9.88 Å². The van der Waals surface area contributed by atoms with Crippen LogP contribution in [0.1, 0.15) is 36.0 Å². The van der Waals surface area contributed by atoms with E-state index in [0.29, 0.717) is 24.4 Å². The quantitative estimate of drug-likeness (QED) is 0.585. The number of hydrogen-bond acceptors (Lipinski definition) is 7. The number of aliphatic carboxylic acids is 1. The second-order valence-corrected chi connectivity index (χ2v) is 7.12. The van der Waals surface area contributed by atoms with Gasteiger partial charge in [0, 0.05) is 19.7 Å². The lowest BCUT2D eigenvalue weighted by Gasteiger charge is -2.40. The number of nitrogens with zero attached hydrogens (tertiary/aromatic N) is 2. The summed E-state index contributed by atoms with van der Waals surface area (Å²) in [6.07, 6.45) is 2.69. The fourth-order valence-electron chi connectivity index (χ4n) is 3.34. The molecule has 0 saturated carbocycles. The van der Waals surface area contributed by atoms with Crippen molar-refractivity contribution >= 4 is 33.3 Å². The fraction of sp³-hybridized carbons (Fsp3) is 0.500. The number of rotatable bonds is 7. The number of aromatic nitrogens is 1. The van der Waals surface area contributed by atoms with E-state index in [2.05, 4.69) is 4.98 Å². The Labute approximate surface area is 155 Å². The van der Waals surface area contributed by atoms with Gasteiger partial charge in [0.15, 0.2) is 5.01 Å². The molecular formula is C18H22N2O5S. The van der Waals surface area contributed by atoms with E-state index in [9.17, 15) is 14.7 Å². The molecule has 2 aromatic rings. The Morgan fingerprint density at radius 2 is 2.04 bits per heavy atom. The van der Waals surface area contributed by atoms with E-state index in [1.807, 2.05) is 12.1 Å². The van der Waals surface area contributed by atoms with Crippen molar-refractivity contribution in [1.29, 1.82) is 0 Å². The summed E-state index contributed by atoms with van der Waals surface area (Å²) in [7, 11) is 1.53. The van der Waals surface area contributed by atoms with Crippen LogP contribution in [0.4, 0.5) is 0 Å². The van der Waals surface area contributed by atoms with Gasteiger partial charge in [-0.25, -0.2) is 9.78 Å². The maximum Gasteiger partial charge on any atom is 0.360 e. The fourth-order valence-corrected chi connectivity index (χ4v) is 4.31. The number of fused-ring (bicyclic) bond motifs is 1. The molecular weight excluding hydrogens is 356 g/mol. The van der Waals surface area contributed by atoms with Crippen LogP contribution in [0.2, 0.25) is 0 Å². The molecule has 0 bridgehead atoms. The lowest BCUT2D eigenvalue weighted by Crippen LogP contribution is -2.63. The Morgan fingerprint density at radius 1 is 1.31 bits per heavy atom. The number of Topliss-reactive ketones (excluding diaryl/α,β-unsaturated/α-hetero) is 1. The van der Waals surface area contributed by atoms with Crippen molar-refractivity contribution in [2.24, 2.45) is 0 Å². The van der Waals surface area contributed by atoms with Gasteiger partial charge in [-0.05, 0) is 31.9 Å². The van der Waals surface area contributed by atoms with Crippen LogP contribution in [0.25, 0.3) is 10.2 Å². The summed E-state index contributed by atoms with van der Waals surface area (Å²) in [5.41, 5.74) is -1.48. The predicted molar refractivity (Wildman–Crippen MR) is 97.9 cm³/mol. The largest absolute Gasteiger partial charge is 0.494 e. The number of carbonyl (C=O) groups excluding carboxylic acids is 1. The molecule has 0 spiro atoms. The molecule has 3 rings (SSSR count). The molecule has 26 heavy (non-hydrogen) atoms. The third-order valence-corrected chi connectivity index (χ3v) is 5.57. The third kappa shape index (κ3) is 3.08. The number of para-hydroxylation sites is 1. The molecule has 1 aliphatic heterocycles. The maximum absolute atomic E-state index is 13.3. The monoisotopic (exact) mass is 378 g/mol. The zero-order valence-corrected chi connectivity index (χ0v) is 15.7. The van der Waals surface area contributed by atoms with Gasteiger partial charge in [0.25, 0.3) is 5.72 Å². The van der Waals surface area contributed by atoms with E-state index < -0.39 is 17.5 Å². The van der Waals surface area contributed by atoms with Gasteiger partial charge < -0.3 is 14.6 Å². The van der Waals surface area contributed by atoms with Crippen LogP contribution >= 0.6 is 11.3 Å². The summed E-state index contributed by atoms with van der Waals surface area (Å²) in [5.74, 6) is -1.37. The number of piperidine rings is 1. The molecule has 1 fully saturated rings. The average Bonchev–Trinajstić information content (AvgIpc) is 3.10. The molecule has 0 amide bonds. The maximum atomic E-state index is 13.3. The Kier molecular flexibility index (Phi) is 5.55. The number of carboxylic acids is 1. The number of benzene rings is 1. The van der Waals surface area contributed by atoms with Crippen LogP contribution in [-0.4, -0.2) is 59.3 Å². The molecule has 1 aromatic heterocycles. The second-order valence-electron chi connectivity index (χ2n) is 6.09. The predicted octanol–water partition coefficient (Wildman–Crippen LogP) is 2.79. The third-order valence-electron chi connectivity index (χ3n) is 4.55. The summed E-state index contributed by atoms with van der Waals surface area (Å²) in [4.78, 5) is 31.6. The Balaban J connectivity index is 2.08. The van der Waals surface area contributed by atoms with Crippen molar-refractivity contribution in [3.05, 3.63) is 23.2 Å². The van der Waals surface area contributed by atoms with Gasteiger partial charge in [0.05, 0.1) is 11.8 Å². The van der Waals surface area contributed by atoms with Gasteiger partial charge in [0.1, 0.15) is 11.3 Å². The molecule has 1 N–H and O–H groups in total. The lowest BCUT2D eigenvalue weighted by atomic mass is 10.0. The van der Waals surface area contributed by atoms with Crippen molar-refractivity contribution in [3.8, 4) is 5.75 Å². The first-order valence-corrected chi connectivity index (χ1v) is 9.47. The Hall–Kier alpha value is -2.03. The standard InChI is InChI=1S/C18H22N2O5S/c1-3-25-18(17(22)23,20-10-5-4-6-11-20)15(21)16-19-14-12(24-2)8-7-9-13(14)26-16/h7-9H,3-6,10-11H2,1-2H3,(H,22,23). The average molecular weight is 378 g/mol. The van der Waals surface area contributed by atoms with E-state index in [1.165, 1.54) is 7.11 Å². The number of carbonyl (C=O) groups is 2. The summed E-state index contributed by atoms with van der Waals surface area (Å²) in [6, 6.07) is 5.40. The number of likely N-dealkylation sites (tertiary alicyclic amines) is 1. The van der Waals surface area contributed by atoms with Gasteiger partial charge in [-0.3, -0.25) is 9.69 Å². The molecule has 1 saturated heterocycles. The molecule has 8 heteroatoms. The normalized spacial score (nSPS) is 17.8. The molecule has 7 nitrogen and oxygen atoms in total. The number of hydrogen-bond donors (Lipinski definition) is 1. The topological polar surface area (TPSA) is 89.0 Å². The van der Waals surface area contributed by atoms with Crippen molar-refractivity contribution in [2.45, 2.75) is 31.9 Å². The molecule has 0 radical (unpaired) electrons. The highest BCUT2D eigenvalue weighted by Gasteiger charge is 2.54. The van der Waals surface area contributed by atoms with E-state index in [4.69, 9.17) is 9.47 Å². The van der Waals surface area contributed by atoms with Crippen molar-refractivity contribution < 1.29 is 24.2 Å². The highest BCUT2D eigenvalue weighted by molar-refractivity contribution is 7.20. The van der Waals surface area contributed by atoms with Gasteiger partial charge >= 0.3 is 5.97 Å². The smallest absolute Gasteiger partial charge is 0.360 e. The molecule has 1 aromatic carbocycles. The zero-order chi connectivity index (χ0) is 18.7. The van der Waals surface area contributed by atoms with Gasteiger partial charge in [-0.2, -0.15) is 0 Å². The van der Waals surface area contributed by atoms with Gasteiger partial charge in [-0.1, -0.05) is 12.5 Å². The Morgan fingerprint density at radius 3 is 2.65 bits per heavy atom. The number of thiazole rings is 1. The van der Waals surface area contributed by atoms with Crippen molar-refractivity contribution in [3.63, 3.8) is 0 Å². The van der Waals surface area contributed by atoms with Crippen LogP contribution in [-0.2, 0) is 9.53 Å². The molecule has 2 heterocycles. The minimum atomic E-state index is -2.03. The summed E-state index contributed by atoms with van der Waals surface area (Å²) < 4.78 is 11.7. The van der Waals surface area contributed by atoms with E-state index in [1.54, 1.807) is 17.9 Å². The number of carboxylic acid groups (broad SMARTS) is 1. The molecule has 1 unspecified atom stereocenters. The molecule has 0 aliphatic carbocycles. The second kappa shape index (κ2) is 7.69. The summed E-state index contributed by atoms with van der Waals surface area (Å²) >= 11 is 1.16. The van der Waals surface area contributed by atoms with Crippen LogP contribution in [0.3, 0.4) is 0 Å². The first-order chi connectivity index (χ1) is 12.5. The molecule has 140 valence electrons. The van der Waals surface area contributed by atoms with Crippen LogP contribution in [0, 0.1) is 0 Å². The van der Waals surface area contributed by atoms with E-state index in [-0.39, 0.29) is 11.6 Å². The van der Waals surface area contributed by atoms with E-state index in [0.717, 1.165) is 35.3 Å². The van der Waals surface area contributed by atoms with Crippen LogP contribution in [0.5, 0.6) is 5.75 Å². The number of ether oxygens (including phenoxy) is 2. The minimum Gasteiger partial charge on any atom is -0.494 e. The van der Waals surface area contributed by atoms with Gasteiger partial charge in [0.2, 0.25) is 5.78 Å². The highest BCUT2D eigenvalue weighted by Crippen LogP contribution is 2.34. The molecule has 1 aliphatic rings. The van der Waals surface area contributed by atoms with E-state index >= 15 is 0 Å². The molecule has 1 atom stereocenters. The summed E-state index contributed by atoms with van der Waals surface area (Å²) in [5, 5.41) is 10.1. The highest BCUT2D eigenvalue weighted by atomic mass is 32.1. The van der Waals surface area contributed by atoms with Crippen LogP contribution in [0.15, 0.2) is 18.2 Å². The number of methoxy groups -OCH3 is 1. The lowest BCUT2D eigenvalue weighted by molar-refractivity contribution is -0.184. The minimum absolute atomic E-state index is 0.114. The summed E-state index contributed by atoms with van der Waals surface area (Å²) in [6.45, 7) is 2.82. The van der Waals surface area contributed by atoms with Crippen molar-refractivity contribution in [2.75, 3.05) is 26.8 Å². The first kappa shape index (κ1) is 18.8. The number of ketones is 1.